The van der Waals surface area contributed by atoms with Crippen molar-refractivity contribution in [3.63, 3.8) is 0 Å². The second kappa shape index (κ2) is 6.06. The highest BCUT2D eigenvalue weighted by Gasteiger charge is 2.84. The van der Waals surface area contributed by atoms with Crippen LogP contribution in [0.2, 0.25) is 0 Å². The maximum absolute atomic E-state index is 12.6. The number of carbonyl (C=O) groups excluding carboxylic acids is 1. The van der Waals surface area contributed by atoms with Gasteiger partial charge in [0, 0.05) is 0 Å². The third-order valence-electron chi connectivity index (χ3n) is 1.83. The van der Waals surface area contributed by atoms with E-state index in [1.165, 1.54) is 0 Å². The van der Waals surface area contributed by atoms with Crippen LogP contribution in [0.1, 0.15) is 0 Å². The Balaban J connectivity index is 0. The third-order valence-corrected chi connectivity index (χ3v) is 1.83. The lowest BCUT2D eigenvalue weighted by Crippen LogP contribution is -2.63. The van der Waals surface area contributed by atoms with Crippen molar-refractivity contribution in [1.29, 1.82) is 0 Å². The van der Waals surface area contributed by atoms with E-state index in [0.717, 1.165) is 0 Å². The van der Waals surface area contributed by atoms with Crippen LogP contribution < -0.4 is 0 Å². The van der Waals surface area contributed by atoms with E-state index in [2.05, 4.69) is 0 Å². The molecule has 0 spiro atoms. The number of carbonyl (C=O) groups is 2. The number of rotatable bonds is 6. The van der Waals surface area contributed by atoms with Gasteiger partial charge < -0.3 is 10.6 Å². The Morgan fingerprint density at radius 1 is 0.739 bits per heavy atom. The first-order valence-corrected chi connectivity index (χ1v) is 4.37. The quantitative estimate of drug-likeness (QED) is 0.566. The number of Topliss-reactive ketones (excluding diaryl/α,β-unsaturated/α-hetero) is 1. The highest BCUT2D eigenvalue weighted by molar-refractivity contribution is 6.35. The number of alkyl halides is 11. The Hall–Kier alpha value is -1.71. The highest BCUT2D eigenvalue weighted by Crippen LogP contribution is 2.54. The monoisotopic (exact) mass is 376 g/mol. The van der Waals surface area contributed by atoms with Crippen molar-refractivity contribution in [2.24, 2.45) is 0 Å². The minimum atomic E-state index is -7.58. The van der Waals surface area contributed by atoms with Crippen molar-refractivity contribution >= 4 is 11.8 Å². The van der Waals surface area contributed by atoms with Crippen molar-refractivity contribution in [3.8, 4) is 0 Å². The molecular weight excluding hydrogens is 373 g/mol. The Labute approximate surface area is 116 Å². The summed E-state index contributed by atoms with van der Waals surface area (Å²) < 4.78 is 136. The van der Waals surface area contributed by atoms with Crippen molar-refractivity contribution < 1.29 is 73.2 Å². The second-order valence-corrected chi connectivity index (χ2v) is 3.42. The van der Waals surface area contributed by atoms with Crippen LogP contribution in [0.4, 0.5) is 48.3 Å². The second-order valence-electron chi connectivity index (χ2n) is 3.42. The summed E-state index contributed by atoms with van der Waals surface area (Å²) in [7, 11) is 0. The Bertz CT molecular complexity index is 468. The van der Waals surface area contributed by atoms with Gasteiger partial charge in [0.15, 0.2) is 0 Å². The van der Waals surface area contributed by atoms with E-state index < -0.39 is 42.0 Å². The summed E-state index contributed by atoms with van der Waals surface area (Å²) in [6, 6.07) is 0. The Morgan fingerprint density at radius 3 is 1.35 bits per heavy atom. The van der Waals surface area contributed by atoms with Crippen LogP contribution in [-0.2, 0) is 14.3 Å². The van der Waals surface area contributed by atoms with Crippen LogP contribution >= 0.6 is 0 Å². The number of ketones is 1. The molecule has 0 fully saturated rings. The molecule has 3 N–H and O–H groups in total. The number of aliphatic carboxylic acids is 1. The fourth-order valence-electron chi connectivity index (χ4n) is 0.757. The molecule has 0 aliphatic rings. The molecule has 0 bridgehead atoms. The van der Waals surface area contributed by atoms with Crippen LogP contribution in [0.15, 0.2) is 0 Å². The van der Waals surface area contributed by atoms with Gasteiger partial charge in [-0.1, -0.05) is 0 Å². The summed E-state index contributed by atoms with van der Waals surface area (Å²) in [5.74, 6) is -21.9. The third kappa shape index (κ3) is 3.98. The summed E-state index contributed by atoms with van der Waals surface area (Å²) in [6.45, 7) is 0. The van der Waals surface area contributed by atoms with Crippen LogP contribution in [0, 0.1) is 0 Å². The minimum absolute atomic E-state index is 0. The Morgan fingerprint density at radius 2 is 1.09 bits per heavy atom. The van der Waals surface area contributed by atoms with Crippen LogP contribution in [0.5, 0.6) is 0 Å². The maximum Gasteiger partial charge on any atom is 0.460 e. The molecule has 0 aromatic heterocycles. The molecule has 0 amide bonds. The fourth-order valence-corrected chi connectivity index (χ4v) is 0.757. The lowest BCUT2D eigenvalue weighted by atomic mass is 10.1. The van der Waals surface area contributed by atoms with E-state index in [4.69, 9.17) is 5.11 Å². The molecule has 0 aliphatic heterocycles. The van der Waals surface area contributed by atoms with Gasteiger partial charge in [0.2, 0.25) is 0 Å². The summed E-state index contributed by atoms with van der Waals surface area (Å²) in [5, 5.41) is 7.74. The number of carboxylic acids is 1. The number of hydrogen-bond donors (Lipinski definition) is 1. The van der Waals surface area contributed by atoms with Gasteiger partial charge in [-0.05, 0) is 0 Å². The molecular formula is C7H3F11O5. The van der Waals surface area contributed by atoms with E-state index in [0.29, 0.717) is 0 Å². The first kappa shape index (κ1) is 23.6. The molecule has 23 heavy (non-hydrogen) atoms. The predicted molar refractivity (Wildman–Crippen MR) is 43.2 cm³/mol. The molecule has 0 heterocycles. The van der Waals surface area contributed by atoms with Gasteiger partial charge in [-0.15, -0.1) is 0 Å². The summed E-state index contributed by atoms with van der Waals surface area (Å²) in [5.41, 5.74) is 0. The number of hydrogen-bond acceptors (Lipinski definition) is 3. The highest BCUT2D eigenvalue weighted by atomic mass is 19.4. The topological polar surface area (TPSA) is 95.1 Å². The molecule has 0 aromatic rings. The summed E-state index contributed by atoms with van der Waals surface area (Å²) in [4.78, 5) is 19.9. The van der Waals surface area contributed by atoms with Crippen LogP contribution in [-0.4, -0.2) is 52.6 Å². The zero-order chi connectivity index (χ0) is 18.4. The molecule has 0 radical (unpaired) electrons. The molecule has 0 aliphatic carbocycles. The van der Waals surface area contributed by atoms with Crippen molar-refractivity contribution in [2.75, 3.05) is 0 Å². The average Bonchev–Trinajstić information content (AvgIpc) is 2.24. The van der Waals surface area contributed by atoms with E-state index >= 15 is 0 Å². The molecule has 0 unspecified atom stereocenters. The van der Waals surface area contributed by atoms with Crippen LogP contribution in [0.25, 0.3) is 0 Å². The van der Waals surface area contributed by atoms with Gasteiger partial charge in [0.1, 0.15) is 0 Å². The van der Waals surface area contributed by atoms with E-state index in [1.54, 1.807) is 4.74 Å². The van der Waals surface area contributed by atoms with Gasteiger partial charge in [0.05, 0.1) is 0 Å². The lowest BCUT2D eigenvalue weighted by molar-refractivity contribution is -0.473. The lowest BCUT2D eigenvalue weighted by Gasteiger charge is -2.33. The van der Waals surface area contributed by atoms with Gasteiger partial charge in [-0.3, -0.25) is 4.79 Å². The molecule has 5 nitrogen and oxygen atoms in total. The molecule has 16 heteroatoms. The van der Waals surface area contributed by atoms with Gasteiger partial charge >= 0.3 is 42.0 Å². The number of ether oxygens (including phenoxy) is 1. The van der Waals surface area contributed by atoms with Crippen molar-refractivity contribution in [2.45, 2.75) is 30.2 Å². The molecule has 0 saturated carbocycles. The molecule has 0 atom stereocenters. The van der Waals surface area contributed by atoms with Gasteiger partial charge in [-0.2, -0.15) is 48.3 Å². The summed E-state index contributed by atoms with van der Waals surface area (Å²) >= 11 is 0. The first-order valence-electron chi connectivity index (χ1n) is 4.37. The van der Waals surface area contributed by atoms with Crippen LogP contribution in [0.3, 0.4) is 0 Å². The standard InChI is InChI=1S/C7HF11O4.H2O/c8-3(9,1(19)2(20)21)22-7(17,18)5(12,13)4(10,11)6(14,15)16;/h(H,20,21);1H2. The molecule has 0 aromatic carbocycles. The van der Waals surface area contributed by atoms with Gasteiger partial charge in [0.25, 0.3) is 0 Å². The molecule has 0 rings (SSSR count). The van der Waals surface area contributed by atoms with E-state index in [-0.39, 0.29) is 5.48 Å². The zero-order valence-electron chi connectivity index (χ0n) is 9.83. The largest absolute Gasteiger partial charge is 0.475 e. The Kier molecular flexibility index (Phi) is 6.21. The van der Waals surface area contributed by atoms with E-state index in [1.807, 2.05) is 0 Å². The minimum Gasteiger partial charge on any atom is -0.475 e. The normalized spacial score (nSPS) is 14.2. The van der Waals surface area contributed by atoms with Crippen molar-refractivity contribution in [1.82, 2.24) is 0 Å². The zero-order valence-corrected chi connectivity index (χ0v) is 9.83. The SMILES string of the molecule is O.O=C(O)C(=O)C(F)(F)OC(F)(F)C(F)(F)C(F)(F)C(F)(F)F. The molecule has 138 valence electrons. The molecule has 0 saturated heterocycles. The smallest absolute Gasteiger partial charge is 0.460 e. The summed E-state index contributed by atoms with van der Waals surface area (Å²) in [6.07, 6.45) is -20.9. The average molecular weight is 376 g/mol. The maximum atomic E-state index is 12.6. The predicted octanol–water partition coefficient (Wildman–Crippen LogP) is 1.85. The number of halogens is 11. The number of carboxylic acid groups (broad SMARTS) is 1. The first-order chi connectivity index (χ1) is 9.31. The van der Waals surface area contributed by atoms with Gasteiger partial charge in [-0.25, -0.2) is 9.53 Å². The fraction of sp³-hybridized carbons (Fsp3) is 0.714. The van der Waals surface area contributed by atoms with E-state index in [9.17, 15) is 57.9 Å². The van der Waals surface area contributed by atoms with Crippen molar-refractivity contribution in [3.05, 3.63) is 0 Å².